The van der Waals surface area contributed by atoms with E-state index in [1.165, 1.54) is 32.1 Å². The van der Waals surface area contributed by atoms with Crippen LogP contribution >= 0.6 is 0 Å². The van der Waals surface area contributed by atoms with Gasteiger partial charge in [-0.25, -0.2) is 0 Å². The average molecular weight is 154 g/mol. The quantitative estimate of drug-likeness (QED) is 0.574. The second kappa shape index (κ2) is 2.80. The molecule has 1 rings (SSSR count). The van der Waals surface area contributed by atoms with Gasteiger partial charge in [-0.3, -0.25) is 0 Å². The molecular weight excluding hydrogens is 132 g/mol. The lowest BCUT2D eigenvalue weighted by Crippen LogP contribution is -2.16. The third-order valence-corrected chi connectivity index (χ3v) is 3.52. The van der Waals surface area contributed by atoms with Crippen LogP contribution in [0.3, 0.4) is 0 Å². The first-order valence-electron chi connectivity index (χ1n) is 5.04. The van der Waals surface area contributed by atoms with Crippen molar-refractivity contribution in [1.82, 2.24) is 0 Å². The van der Waals surface area contributed by atoms with Crippen LogP contribution in [0.15, 0.2) is 0 Å². The summed E-state index contributed by atoms with van der Waals surface area (Å²) in [5, 5.41) is 0. The molecule has 66 valence electrons. The van der Waals surface area contributed by atoms with Gasteiger partial charge in [-0.1, -0.05) is 40.5 Å². The SMILES string of the molecule is CCC(C)(C)CC1(CC)CC1. The second-order valence-corrected chi connectivity index (χ2v) is 5.05. The van der Waals surface area contributed by atoms with Crippen molar-refractivity contribution in [3.05, 3.63) is 0 Å². The summed E-state index contributed by atoms with van der Waals surface area (Å²) in [5.41, 5.74) is 1.37. The molecule has 0 nitrogen and oxygen atoms in total. The molecule has 1 aliphatic carbocycles. The molecule has 0 spiro atoms. The molecule has 11 heavy (non-hydrogen) atoms. The summed E-state index contributed by atoms with van der Waals surface area (Å²) in [6, 6.07) is 0. The lowest BCUT2D eigenvalue weighted by atomic mass is 9.78. The van der Waals surface area contributed by atoms with Gasteiger partial charge in [-0.15, -0.1) is 0 Å². The van der Waals surface area contributed by atoms with Crippen LogP contribution in [0.2, 0.25) is 0 Å². The van der Waals surface area contributed by atoms with Gasteiger partial charge >= 0.3 is 0 Å². The Morgan fingerprint density at radius 2 is 1.73 bits per heavy atom. The van der Waals surface area contributed by atoms with Crippen LogP contribution < -0.4 is 0 Å². The molecule has 0 aromatic rings. The van der Waals surface area contributed by atoms with E-state index in [9.17, 15) is 0 Å². The summed E-state index contributed by atoms with van der Waals surface area (Å²) >= 11 is 0. The molecule has 0 aromatic heterocycles. The van der Waals surface area contributed by atoms with Crippen LogP contribution in [-0.2, 0) is 0 Å². The van der Waals surface area contributed by atoms with E-state index >= 15 is 0 Å². The van der Waals surface area contributed by atoms with Crippen LogP contribution in [0.25, 0.3) is 0 Å². The maximum absolute atomic E-state index is 2.41. The maximum Gasteiger partial charge on any atom is -0.0295 e. The van der Waals surface area contributed by atoms with E-state index in [4.69, 9.17) is 0 Å². The Balaban J connectivity index is 2.41. The summed E-state index contributed by atoms with van der Waals surface area (Å²) in [6.07, 6.45) is 7.16. The van der Waals surface area contributed by atoms with Crippen molar-refractivity contribution < 1.29 is 0 Å². The molecule has 0 unspecified atom stereocenters. The zero-order valence-corrected chi connectivity index (χ0v) is 8.54. The summed E-state index contributed by atoms with van der Waals surface area (Å²) in [6.45, 7) is 9.47. The first-order chi connectivity index (χ1) is 5.04. The van der Waals surface area contributed by atoms with Gasteiger partial charge in [0.05, 0.1) is 0 Å². The minimum Gasteiger partial charge on any atom is -0.0649 e. The third-order valence-electron chi connectivity index (χ3n) is 3.52. The predicted molar refractivity (Wildman–Crippen MR) is 50.6 cm³/mol. The molecule has 0 radical (unpaired) electrons. The maximum atomic E-state index is 2.41. The molecule has 0 amide bonds. The molecule has 1 fully saturated rings. The number of hydrogen-bond acceptors (Lipinski definition) is 0. The van der Waals surface area contributed by atoms with Crippen molar-refractivity contribution in [2.24, 2.45) is 10.8 Å². The summed E-state index contributed by atoms with van der Waals surface area (Å²) in [7, 11) is 0. The van der Waals surface area contributed by atoms with E-state index in [-0.39, 0.29) is 0 Å². The van der Waals surface area contributed by atoms with Crippen molar-refractivity contribution in [3.63, 3.8) is 0 Å². The minimum atomic E-state index is 0.590. The van der Waals surface area contributed by atoms with Gasteiger partial charge < -0.3 is 0 Å². The zero-order valence-electron chi connectivity index (χ0n) is 8.54. The highest BCUT2D eigenvalue weighted by Gasteiger charge is 2.43. The monoisotopic (exact) mass is 154 g/mol. The normalized spacial score (nSPS) is 21.8. The predicted octanol–water partition coefficient (Wildman–Crippen LogP) is 4.00. The van der Waals surface area contributed by atoms with Crippen LogP contribution in [0.1, 0.15) is 59.8 Å². The highest BCUT2D eigenvalue weighted by atomic mass is 14.5. The Bertz CT molecular complexity index is 125. The Morgan fingerprint density at radius 1 is 1.18 bits per heavy atom. The lowest BCUT2D eigenvalue weighted by molar-refractivity contribution is 0.237. The summed E-state index contributed by atoms with van der Waals surface area (Å²) in [5.74, 6) is 0. The second-order valence-electron chi connectivity index (χ2n) is 5.05. The van der Waals surface area contributed by atoms with Gasteiger partial charge in [-0.2, -0.15) is 0 Å². The summed E-state index contributed by atoms with van der Waals surface area (Å²) < 4.78 is 0. The van der Waals surface area contributed by atoms with Crippen molar-refractivity contribution in [3.8, 4) is 0 Å². The molecule has 1 saturated carbocycles. The number of rotatable bonds is 4. The molecular formula is C11H22. The molecule has 0 atom stereocenters. The van der Waals surface area contributed by atoms with Crippen LogP contribution in [-0.4, -0.2) is 0 Å². The van der Waals surface area contributed by atoms with E-state index in [2.05, 4.69) is 27.7 Å². The first kappa shape index (κ1) is 9.09. The minimum absolute atomic E-state index is 0.590. The highest BCUT2D eigenvalue weighted by molar-refractivity contribution is 4.95. The van der Waals surface area contributed by atoms with Crippen molar-refractivity contribution >= 4 is 0 Å². The van der Waals surface area contributed by atoms with E-state index < -0.39 is 0 Å². The topological polar surface area (TPSA) is 0 Å². The molecule has 0 bridgehead atoms. The summed E-state index contributed by atoms with van der Waals surface area (Å²) in [4.78, 5) is 0. The molecule has 0 N–H and O–H groups in total. The van der Waals surface area contributed by atoms with Gasteiger partial charge in [-0.05, 0) is 30.1 Å². The van der Waals surface area contributed by atoms with Gasteiger partial charge in [0.1, 0.15) is 0 Å². The van der Waals surface area contributed by atoms with Gasteiger partial charge in [0, 0.05) is 0 Å². The van der Waals surface area contributed by atoms with Gasteiger partial charge in [0.25, 0.3) is 0 Å². The van der Waals surface area contributed by atoms with Crippen LogP contribution in [0.5, 0.6) is 0 Å². The third kappa shape index (κ3) is 2.21. The van der Waals surface area contributed by atoms with Crippen LogP contribution in [0, 0.1) is 10.8 Å². The Hall–Kier alpha value is 0. The Labute approximate surface area is 71.4 Å². The van der Waals surface area contributed by atoms with Gasteiger partial charge in [0.15, 0.2) is 0 Å². The molecule has 0 saturated heterocycles. The Morgan fingerprint density at radius 3 is 2.00 bits per heavy atom. The molecule has 0 heteroatoms. The van der Waals surface area contributed by atoms with Crippen molar-refractivity contribution in [1.29, 1.82) is 0 Å². The largest absolute Gasteiger partial charge is 0.0649 e. The Kier molecular flexibility index (Phi) is 2.32. The molecule has 0 aromatic carbocycles. The van der Waals surface area contributed by atoms with Crippen molar-refractivity contribution in [2.75, 3.05) is 0 Å². The molecule has 0 heterocycles. The van der Waals surface area contributed by atoms with Gasteiger partial charge in [0.2, 0.25) is 0 Å². The first-order valence-corrected chi connectivity index (χ1v) is 5.04. The number of hydrogen-bond donors (Lipinski definition) is 0. The van der Waals surface area contributed by atoms with Crippen LogP contribution in [0.4, 0.5) is 0 Å². The highest BCUT2D eigenvalue weighted by Crippen LogP contribution is 2.56. The smallest absolute Gasteiger partial charge is 0.0295 e. The molecule has 0 aliphatic heterocycles. The molecule has 1 aliphatic rings. The lowest BCUT2D eigenvalue weighted by Gasteiger charge is -2.27. The van der Waals surface area contributed by atoms with E-state index in [1.54, 1.807) is 0 Å². The van der Waals surface area contributed by atoms with E-state index in [0.717, 1.165) is 5.41 Å². The fourth-order valence-electron chi connectivity index (χ4n) is 1.97. The van der Waals surface area contributed by atoms with E-state index in [0.29, 0.717) is 5.41 Å². The average Bonchev–Trinajstić information content (AvgIpc) is 2.69. The fourth-order valence-corrected chi connectivity index (χ4v) is 1.97. The zero-order chi connectivity index (χ0) is 8.54. The van der Waals surface area contributed by atoms with E-state index in [1.807, 2.05) is 0 Å². The standard InChI is InChI=1S/C11H22/c1-5-10(3,4)9-11(6-2)7-8-11/h5-9H2,1-4H3. The fraction of sp³-hybridized carbons (Fsp3) is 1.00. The van der Waals surface area contributed by atoms with Crippen molar-refractivity contribution in [2.45, 2.75) is 59.8 Å².